The van der Waals surface area contributed by atoms with Crippen LogP contribution in [0.5, 0.6) is 0 Å². The molecule has 6 nitrogen and oxygen atoms in total. The van der Waals surface area contributed by atoms with Crippen molar-refractivity contribution in [2.75, 3.05) is 5.32 Å². The standard InChI is InChI=1S/C21H20ClN5O/c1-12-8-19(27(3)26-12)14-6-7-23-20(11-14)24-13(2)17-10-15-9-16(22)4-5-18(15)25-21(17)28/h4-11,13H,1-3H3,(H,23,24)(H,25,28)/t13-/m0/s1. The first-order chi connectivity index (χ1) is 13.4. The Bertz CT molecular complexity index is 1230. The van der Waals surface area contributed by atoms with Crippen molar-refractivity contribution in [3.05, 3.63) is 75.3 Å². The van der Waals surface area contributed by atoms with E-state index < -0.39 is 0 Å². The molecule has 0 saturated heterocycles. The molecule has 0 amide bonds. The number of aryl methyl sites for hydroxylation is 2. The van der Waals surface area contributed by atoms with Crippen LogP contribution < -0.4 is 10.9 Å². The van der Waals surface area contributed by atoms with Crippen LogP contribution in [-0.2, 0) is 7.05 Å². The molecule has 2 N–H and O–H groups in total. The maximum Gasteiger partial charge on any atom is 0.253 e. The summed E-state index contributed by atoms with van der Waals surface area (Å²) in [4.78, 5) is 19.8. The Balaban J connectivity index is 1.65. The number of halogens is 1. The maximum absolute atomic E-state index is 12.5. The average molecular weight is 394 g/mol. The minimum Gasteiger partial charge on any atom is -0.363 e. The normalized spacial score (nSPS) is 12.3. The van der Waals surface area contributed by atoms with E-state index in [9.17, 15) is 4.79 Å². The molecular weight excluding hydrogens is 374 g/mol. The molecule has 1 atom stereocenters. The molecular formula is C21H20ClN5O. The van der Waals surface area contributed by atoms with Gasteiger partial charge in [-0.2, -0.15) is 5.10 Å². The molecule has 28 heavy (non-hydrogen) atoms. The Morgan fingerprint density at radius 1 is 1.18 bits per heavy atom. The monoisotopic (exact) mass is 393 g/mol. The second-order valence-electron chi connectivity index (χ2n) is 6.88. The number of nitrogens with one attached hydrogen (secondary N) is 2. The van der Waals surface area contributed by atoms with Gasteiger partial charge in [-0.3, -0.25) is 9.48 Å². The van der Waals surface area contributed by atoms with Gasteiger partial charge in [-0.05, 0) is 56.3 Å². The van der Waals surface area contributed by atoms with Gasteiger partial charge in [-0.15, -0.1) is 0 Å². The van der Waals surface area contributed by atoms with Crippen LogP contribution in [0.4, 0.5) is 5.82 Å². The lowest BCUT2D eigenvalue weighted by Crippen LogP contribution is -2.19. The topological polar surface area (TPSA) is 75.6 Å². The zero-order valence-electron chi connectivity index (χ0n) is 15.8. The first-order valence-electron chi connectivity index (χ1n) is 8.97. The molecule has 0 radical (unpaired) electrons. The van der Waals surface area contributed by atoms with E-state index in [1.165, 1.54) is 0 Å². The highest BCUT2D eigenvalue weighted by Gasteiger charge is 2.13. The van der Waals surface area contributed by atoms with Gasteiger partial charge >= 0.3 is 0 Å². The number of hydrogen-bond donors (Lipinski definition) is 2. The van der Waals surface area contributed by atoms with E-state index in [2.05, 4.69) is 20.4 Å². The van der Waals surface area contributed by atoms with E-state index in [4.69, 9.17) is 11.6 Å². The molecule has 0 spiro atoms. The molecule has 0 aliphatic carbocycles. The van der Waals surface area contributed by atoms with Crippen molar-refractivity contribution >= 4 is 28.3 Å². The second kappa shape index (κ2) is 7.13. The molecule has 0 unspecified atom stereocenters. The van der Waals surface area contributed by atoms with Gasteiger partial charge in [0.15, 0.2) is 0 Å². The largest absolute Gasteiger partial charge is 0.363 e. The SMILES string of the molecule is Cc1cc(-c2ccnc(N[C@@H](C)c3cc4cc(Cl)ccc4[nH]c3=O)c2)n(C)n1. The van der Waals surface area contributed by atoms with E-state index in [1.807, 2.05) is 62.0 Å². The predicted molar refractivity (Wildman–Crippen MR) is 113 cm³/mol. The summed E-state index contributed by atoms with van der Waals surface area (Å²) in [6.07, 6.45) is 1.75. The highest BCUT2D eigenvalue weighted by atomic mass is 35.5. The van der Waals surface area contributed by atoms with E-state index in [0.29, 0.717) is 16.4 Å². The molecule has 142 valence electrons. The molecule has 1 aromatic carbocycles. The molecule has 0 bridgehead atoms. The molecule has 0 aliphatic rings. The number of hydrogen-bond acceptors (Lipinski definition) is 4. The molecule has 7 heteroatoms. The zero-order chi connectivity index (χ0) is 19.8. The zero-order valence-corrected chi connectivity index (χ0v) is 16.6. The maximum atomic E-state index is 12.5. The van der Waals surface area contributed by atoms with Gasteiger partial charge in [0.1, 0.15) is 5.82 Å². The third-order valence-corrected chi connectivity index (χ3v) is 4.96. The van der Waals surface area contributed by atoms with Gasteiger partial charge in [0.25, 0.3) is 5.56 Å². The van der Waals surface area contributed by atoms with Crippen molar-refractivity contribution < 1.29 is 0 Å². The Kier molecular flexibility index (Phi) is 4.65. The van der Waals surface area contributed by atoms with E-state index in [0.717, 1.165) is 27.9 Å². The van der Waals surface area contributed by atoms with E-state index >= 15 is 0 Å². The number of rotatable bonds is 4. The lowest BCUT2D eigenvalue weighted by Gasteiger charge is -2.15. The summed E-state index contributed by atoms with van der Waals surface area (Å²) in [5, 5.41) is 9.24. The molecule has 0 aliphatic heterocycles. The van der Waals surface area contributed by atoms with Crippen LogP contribution >= 0.6 is 11.6 Å². The summed E-state index contributed by atoms with van der Waals surface area (Å²) in [6, 6.07) is 13.0. The Labute approximate surface area is 167 Å². The number of benzene rings is 1. The summed E-state index contributed by atoms with van der Waals surface area (Å²) in [7, 11) is 1.91. The summed E-state index contributed by atoms with van der Waals surface area (Å²) < 4.78 is 1.84. The molecule has 3 heterocycles. The van der Waals surface area contributed by atoms with Gasteiger partial charge in [-0.25, -0.2) is 4.98 Å². The number of H-pyrrole nitrogens is 1. The van der Waals surface area contributed by atoms with Crippen LogP contribution in [0.2, 0.25) is 5.02 Å². The first-order valence-corrected chi connectivity index (χ1v) is 9.34. The number of aromatic amines is 1. The van der Waals surface area contributed by atoms with Crippen molar-refractivity contribution in [1.82, 2.24) is 19.7 Å². The Hall–Kier alpha value is -3.12. The second-order valence-corrected chi connectivity index (χ2v) is 7.31. The van der Waals surface area contributed by atoms with Crippen LogP contribution in [0, 0.1) is 6.92 Å². The Morgan fingerprint density at radius 2 is 2.00 bits per heavy atom. The van der Waals surface area contributed by atoms with Crippen LogP contribution in [0.3, 0.4) is 0 Å². The van der Waals surface area contributed by atoms with Gasteiger partial charge in [0.05, 0.1) is 17.4 Å². The van der Waals surface area contributed by atoms with Crippen LogP contribution in [-0.4, -0.2) is 19.7 Å². The van der Waals surface area contributed by atoms with Gasteiger partial charge in [-0.1, -0.05) is 11.6 Å². The fraction of sp³-hybridized carbons (Fsp3) is 0.190. The molecule has 3 aromatic heterocycles. The number of anilines is 1. The third kappa shape index (κ3) is 3.51. The number of aromatic nitrogens is 4. The lowest BCUT2D eigenvalue weighted by molar-refractivity contribution is 0.764. The highest BCUT2D eigenvalue weighted by molar-refractivity contribution is 6.31. The number of fused-ring (bicyclic) bond motifs is 1. The highest BCUT2D eigenvalue weighted by Crippen LogP contribution is 2.25. The molecule has 0 fully saturated rings. The number of nitrogens with zero attached hydrogens (tertiary/aromatic N) is 3. The van der Waals surface area contributed by atoms with Crippen LogP contribution in [0.25, 0.3) is 22.2 Å². The Morgan fingerprint density at radius 3 is 2.75 bits per heavy atom. The predicted octanol–water partition coefficient (Wildman–Crippen LogP) is 4.46. The molecule has 0 saturated carbocycles. The summed E-state index contributed by atoms with van der Waals surface area (Å²) in [5.74, 6) is 0.689. The van der Waals surface area contributed by atoms with Crippen LogP contribution in [0.15, 0.2) is 53.5 Å². The van der Waals surface area contributed by atoms with E-state index in [1.54, 1.807) is 12.3 Å². The smallest absolute Gasteiger partial charge is 0.253 e. The summed E-state index contributed by atoms with van der Waals surface area (Å²) >= 11 is 6.09. The minimum atomic E-state index is -0.233. The van der Waals surface area contributed by atoms with Gasteiger partial charge < -0.3 is 10.3 Å². The van der Waals surface area contributed by atoms with Gasteiger partial charge in [0, 0.05) is 40.3 Å². The van der Waals surface area contributed by atoms with Crippen molar-refractivity contribution in [1.29, 1.82) is 0 Å². The van der Waals surface area contributed by atoms with Gasteiger partial charge in [0.2, 0.25) is 0 Å². The lowest BCUT2D eigenvalue weighted by atomic mass is 10.1. The van der Waals surface area contributed by atoms with Crippen molar-refractivity contribution in [2.24, 2.45) is 7.05 Å². The quantitative estimate of drug-likeness (QED) is 0.536. The minimum absolute atomic E-state index is 0.131. The van der Waals surface area contributed by atoms with Crippen molar-refractivity contribution in [2.45, 2.75) is 19.9 Å². The molecule has 4 aromatic rings. The van der Waals surface area contributed by atoms with Crippen LogP contribution in [0.1, 0.15) is 24.2 Å². The summed E-state index contributed by atoms with van der Waals surface area (Å²) in [6.45, 7) is 3.90. The average Bonchev–Trinajstić information content (AvgIpc) is 3.00. The first kappa shape index (κ1) is 18.3. The summed E-state index contributed by atoms with van der Waals surface area (Å²) in [5.41, 5.74) is 4.22. The fourth-order valence-corrected chi connectivity index (χ4v) is 3.55. The number of pyridine rings is 2. The van der Waals surface area contributed by atoms with Crippen molar-refractivity contribution in [3.63, 3.8) is 0 Å². The van der Waals surface area contributed by atoms with Crippen molar-refractivity contribution in [3.8, 4) is 11.3 Å². The third-order valence-electron chi connectivity index (χ3n) is 4.72. The molecule has 4 rings (SSSR count). The fourth-order valence-electron chi connectivity index (χ4n) is 3.37. The van der Waals surface area contributed by atoms with E-state index in [-0.39, 0.29) is 11.6 Å².